The number of hydrogen-bond donors (Lipinski definition) is 0. The molecule has 106 heavy (non-hydrogen) atoms. The van der Waals surface area contributed by atoms with Gasteiger partial charge < -0.3 is 0 Å². The fraction of sp³-hybridized carbons (Fsp3) is 0.0204. The lowest BCUT2D eigenvalue weighted by molar-refractivity contribution is 1.07. The van der Waals surface area contributed by atoms with E-state index < -0.39 is 540 Å². The van der Waals surface area contributed by atoms with Gasteiger partial charge in [-0.15, -0.1) is 22.7 Å². The fourth-order valence-electron chi connectivity index (χ4n) is 10.6. The van der Waals surface area contributed by atoms with Crippen molar-refractivity contribution in [3.8, 4) is 146 Å². The highest BCUT2D eigenvalue weighted by Gasteiger charge is 2.22. The van der Waals surface area contributed by atoms with Gasteiger partial charge in [0.25, 0.3) is 0 Å². The van der Waals surface area contributed by atoms with Crippen LogP contribution in [0.25, 0.3) is 187 Å². The van der Waals surface area contributed by atoms with Gasteiger partial charge >= 0.3 is 0 Å². The summed E-state index contributed by atoms with van der Waals surface area (Å²) in [4.78, 5) is 26.1. The third-order valence-corrected chi connectivity index (χ3v) is 17.7. The number of hydrogen-bond acceptors (Lipinski definition) is 8. The SMILES string of the molecule is [2H]c1c([2H])c([2H])c(-c2nc(-c3c([2H])c([2H])c([2H])c(C)c3[2H])nc(-c3c([2H])c(-c4c([2H])c([2H])c([2H])c([2H])c4[2H])c([2H])c(-c4c([2H])c([2H])c([2H])c5c4sc4c(-c6c([2H])c([2H])c(-c7c([2H])c([2H])c([2H])c([2H])c7[2H])c([2H])c6[2H])c([2H])c([2H])c([2H])c45)c3[2H])n2)c([2H])c1[2H].[2H]c1c([2H])c([2H])c(-c2nc(-c3c([2H])c([2H])c([2H])c(C)c3[2H])nc(-c3c([2H])c([2H])c([2H])c(-c4c([2H])c([2H])c([2H])c5c4sc4c(-c6c([2H])c([2H])c([2H])c([2H])c6[2H])c([2H])c(-c6c([2H])c([2H])c([2H])c([2H])c6[2H])c([2H])c45)c3[2H])n2)c([2H])c1[2H]. The molecule has 8 heteroatoms. The van der Waals surface area contributed by atoms with Gasteiger partial charge in [0.05, 0.1) is 82.2 Å². The van der Waals surface area contributed by atoms with Crippen LogP contribution in [0.15, 0.2) is 363 Å². The lowest BCUT2D eigenvalue weighted by Gasteiger charge is -2.13. The summed E-state index contributed by atoms with van der Waals surface area (Å²) in [5.74, 6) is -4.93. The molecule has 6 nitrogen and oxygen atoms in total. The van der Waals surface area contributed by atoms with Gasteiger partial charge in [-0.1, -0.05) is 325 Å². The van der Waals surface area contributed by atoms with E-state index >= 15 is 0 Å². The summed E-state index contributed by atoms with van der Waals surface area (Å²) in [6.45, 7) is 2.53. The predicted molar refractivity (Wildman–Crippen MR) is 446 cm³/mol. The zero-order chi connectivity index (χ0) is 123. The fourth-order valence-corrected chi connectivity index (χ4v) is 13.0. The van der Waals surface area contributed by atoms with Crippen molar-refractivity contribution in [1.82, 2.24) is 29.9 Å². The van der Waals surface area contributed by atoms with E-state index in [-0.39, 0.29) is 20.5 Å². The Kier molecular flexibility index (Phi) is 7.30. The Morgan fingerprint density at radius 3 is 0.925 bits per heavy atom. The largest absolute Gasteiger partial charge is 0.208 e. The average Bonchev–Trinajstić information content (AvgIpc) is 1.54. The molecule has 0 aliphatic rings. The first-order valence-electron chi connectivity index (χ1n) is 60.7. The van der Waals surface area contributed by atoms with Crippen LogP contribution in [-0.4, -0.2) is 29.9 Å². The molecule has 19 rings (SSSR count). The summed E-state index contributed by atoms with van der Waals surface area (Å²) in [6.07, 6.45) is 0. The maximum atomic E-state index is 10.1. The van der Waals surface area contributed by atoms with E-state index in [1.54, 1.807) is 0 Å². The van der Waals surface area contributed by atoms with Crippen LogP contribution in [0.3, 0.4) is 0 Å². The van der Waals surface area contributed by atoms with Gasteiger partial charge in [-0.05, 0) is 135 Å². The van der Waals surface area contributed by atoms with Crippen LogP contribution in [0, 0.1) is 13.8 Å². The van der Waals surface area contributed by atoms with Gasteiger partial charge in [-0.2, -0.15) is 0 Å². The average molecular weight is 1450 g/mol. The zero-order valence-electron chi connectivity index (χ0n) is 113. The summed E-state index contributed by atoms with van der Waals surface area (Å²) in [5, 5.41) is -1.95. The molecule has 15 aromatic carbocycles. The maximum Gasteiger partial charge on any atom is 0.164 e. The van der Waals surface area contributed by atoms with Crippen LogP contribution in [0.2, 0.25) is 0 Å². The van der Waals surface area contributed by atoms with E-state index in [0.29, 0.717) is 22.7 Å². The lowest BCUT2D eigenvalue weighted by Crippen LogP contribution is -2.00. The number of aromatic nitrogens is 6. The Bertz CT molecular complexity index is 9880. The van der Waals surface area contributed by atoms with Gasteiger partial charge in [-0.3, -0.25) is 0 Å². The second-order valence-electron chi connectivity index (χ2n) is 21.9. The number of benzene rings is 15. The minimum absolute atomic E-state index is 0.142. The molecule has 0 fully saturated rings. The molecule has 0 saturated carbocycles. The third kappa shape index (κ3) is 13.0. The van der Waals surface area contributed by atoms with Gasteiger partial charge in [0.15, 0.2) is 34.9 Å². The smallest absolute Gasteiger partial charge is 0.164 e. The highest BCUT2D eigenvalue weighted by Crippen LogP contribution is 2.48. The second kappa shape index (κ2) is 28.5. The van der Waals surface area contributed by atoms with Crippen LogP contribution in [0.4, 0.5) is 0 Å². The number of thiophene rings is 2. The minimum Gasteiger partial charge on any atom is -0.208 e. The van der Waals surface area contributed by atoms with Crippen molar-refractivity contribution in [3.63, 3.8) is 0 Å². The van der Waals surface area contributed by atoms with Crippen LogP contribution >= 0.6 is 22.7 Å². The summed E-state index contributed by atoms with van der Waals surface area (Å²) in [5.41, 5.74) is -15.2. The van der Waals surface area contributed by atoms with E-state index in [0.717, 1.165) is 0 Å². The molecule has 500 valence electrons. The summed E-state index contributed by atoms with van der Waals surface area (Å²) >= 11 is 0.910. The molecule has 4 heterocycles. The van der Waals surface area contributed by atoms with Crippen molar-refractivity contribution in [3.05, 3.63) is 374 Å². The van der Waals surface area contributed by atoms with Gasteiger partial charge in [0.2, 0.25) is 0 Å². The monoisotopic (exact) mass is 1450 g/mol. The van der Waals surface area contributed by atoms with Gasteiger partial charge in [0.1, 0.15) is 0 Å². The molecule has 0 aliphatic heterocycles. The quantitative estimate of drug-likeness (QED) is 0.114. The summed E-state index contributed by atoms with van der Waals surface area (Å²) in [6, 6.07) is -54.0. The molecule has 4 aromatic heterocycles. The van der Waals surface area contributed by atoms with E-state index in [2.05, 4.69) is 29.9 Å². The molecular weight excluding hydrogens is 1330 g/mol. The first-order chi connectivity index (χ1) is 77.3. The first kappa shape index (κ1) is 27.1. The number of rotatable bonds is 13. The van der Waals surface area contributed by atoms with Crippen molar-refractivity contribution in [1.29, 1.82) is 0 Å². The molecule has 0 spiro atoms. The molecule has 0 amide bonds. The second-order valence-corrected chi connectivity index (χ2v) is 23.9. The topological polar surface area (TPSA) is 77.3 Å². The Morgan fingerprint density at radius 1 is 0.179 bits per heavy atom. The molecule has 0 unspecified atom stereocenters. The van der Waals surface area contributed by atoms with E-state index in [4.69, 9.17) is 58.9 Å². The Hall–Kier alpha value is -13.2. The van der Waals surface area contributed by atoms with E-state index in [1.807, 2.05) is 0 Å². The van der Waals surface area contributed by atoms with Crippen LogP contribution in [0.5, 0.6) is 0 Å². The van der Waals surface area contributed by atoms with Gasteiger partial charge in [-0.25, -0.2) is 29.9 Å². The highest BCUT2D eigenvalue weighted by molar-refractivity contribution is 7.27. The standard InChI is InChI=1S/C52H35N3S.C46H31N3S/c1-34-14-11-21-40(30-34)51-53-50(39-19-9-4-10-20-39)54-52(55-51)43-32-41(36-17-7-3-8-18-36)31-42(33-43)45-23-13-25-47-46-24-12-22-44(48(46)56-49(45)47)38-28-26-37(27-29-38)35-15-5-2-6-16-35;1-30-14-11-22-35(26-30)45-47-44(33-19-9-4-10-20-33)48-46(49-45)36-23-12-21-34(27-36)38-24-13-25-39-41-29-37(31-15-5-2-6-16-31)28-40(43(41)50-42(38)39)32-17-7-3-8-18-32/h2-33H,1H3;2-29H,1H3/i2D,3D,4D,5D,6D,7D,8D,9D,10D,11D,12D,13D,14D,15D,16D,17D,18D,19D,20D,21D,22D,23D,24D,25D,26D,27D,28D,29D,30D,31D,32D,33D;2D,3D,4D,5D,6D,7D,8D,9D,10D,11D,12D,13D,14D,15D,16D,17D,18D,19D,20D,21D,22D,23D,24D,25D,26D,27D,28D,29D. The van der Waals surface area contributed by atoms with Crippen molar-refractivity contribution in [2.45, 2.75) is 13.8 Å². The molecular formula is C98H66N6S2. The van der Waals surface area contributed by atoms with Gasteiger partial charge in [0, 0.05) is 79.3 Å². The number of nitrogens with zero attached hydrogens (tertiary/aromatic N) is 6. The molecule has 0 N–H and O–H groups in total. The molecule has 0 bridgehead atoms. The first-order valence-corrected chi connectivity index (χ1v) is 32.4. The van der Waals surface area contributed by atoms with E-state index in [9.17, 15) is 23.3 Å². The van der Waals surface area contributed by atoms with Crippen LogP contribution < -0.4 is 0 Å². The number of fused-ring (bicyclic) bond motifs is 6. The van der Waals surface area contributed by atoms with Crippen LogP contribution in [0.1, 0.15) is 93.4 Å². The molecule has 0 atom stereocenters. The normalized spacial score (nSPS) is 19.2. The molecule has 0 radical (unpaired) electrons. The molecule has 0 aliphatic carbocycles. The molecule has 19 aromatic rings. The third-order valence-electron chi connectivity index (χ3n) is 15.2. The van der Waals surface area contributed by atoms with Crippen molar-refractivity contribution in [2.24, 2.45) is 0 Å². The van der Waals surface area contributed by atoms with Crippen LogP contribution in [-0.2, 0) is 0 Å². The molecule has 0 saturated heterocycles. The lowest BCUT2D eigenvalue weighted by atomic mass is 9.94. The van der Waals surface area contributed by atoms with Crippen molar-refractivity contribution < 1.29 is 82.2 Å². The zero-order valence-corrected chi connectivity index (χ0v) is 55.1. The minimum atomic E-state index is -1.11. The Balaban J connectivity index is 0.000000214. The Morgan fingerprint density at radius 2 is 0.453 bits per heavy atom. The van der Waals surface area contributed by atoms with Crippen molar-refractivity contribution in [2.75, 3.05) is 0 Å². The predicted octanol–water partition coefficient (Wildman–Crippen LogP) is 26.8. The Labute approximate surface area is 708 Å². The summed E-state index contributed by atoms with van der Waals surface area (Å²) < 4.78 is 532. The van der Waals surface area contributed by atoms with Crippen molar-refractivity contribution >= 4 is 63.0 Å². The van der Waals surface area contributed by atoms with E-state index in [1.165, 1.54) is 13.8 Å². The maximum absolute atomic E-state index is 10.1. The summed E-state index contributed by atoms with van der Waals surface area (Å²) in [7, 11) is 0. The highest BCUT2D eigenvalue weighted by atomic mass is 32.1.